The maximum absolute atomic E-state index is 12.7. The molecular formula is C56H66Cl2N8O6. The molecule has 16 heteroatoms. The zero-order valence-corrected chi connectivity index (χ0v) is 44.3. The van der Waals surface area contributed by atoms with Crippen LogP contribution in [-0.4, -0.2) is 138 Å². The summed E-state index contributed by atoms with van der Waals surface area (Å²) in [6.07, 6.45) is 11.0. The van der Waals surface area contributed by atoms with E-state index in [4.69, 9.17) is 47.4 Å². The maximum atomic E-state index is 12.7. The molecule has 4 atom stereocenters. The van der Waals surface area contributed by atoms with Crippen LogP contribution in [0, 0.1) is 6.92 Å². The number of ether oxygens (including phenoxy) is 3. The third kappa shape index (κ3) is 11.1. The summed E-state index contributed by atoms with van der Waals surface area (Å²) in [6.45, 7) is 23.3. The molecule has 0 bridgehead atoms. The van der Waals surface area contributed by atoms with E-state index in [0.717, 1.165) is 69.3 Å². The van der Waals surface area contributed by atoms with Crippen molar-refractivity contribution in [3.63, 3.8) is 0 Å². The van der Waals surface area contributed by atoms with Gasteiger partial charge in [0, 0.05) is 87.2 Å². The number of aliphatic hydroxyl groups is 1. The summed E-state index contributed by atoms with van der Waals surface area (Å²) < 4.78 is 19.0. The minimum absolute atomic E-state index is 0.0367. The first-order valence-corrected chi connectivity index (χ1v) is 25.5. The fourth-order valence-corrected chi connectivity index (χ4v) is 10.5. The summed E-state index contributed by atoms with van der Waals surface area (Å²) in [5.41, 5.74) is 7.52. The summed E-state index contributed by atoms with van der Waals surface area (Å²) in [6, 6.07) is 19.8. The van der Waals surface area contributed by atoms with Crippen molar-refractivity contribution in [1.29, 1.82) is 0 Å². The van der Waals surface area contributed by atoms with Gasteiger partial charge >= 0.3 is 12.2 Å². The van der Waals surface area contributed by atoms with Gasteiger partial charge in [0.25, 0.3) is 0 Å². The first-order chi connectivity index (χ1) is 34.1. The van der Waals surface area contributed by atoms with Crippen molar-refractivity contribution in [1.82, 2.24) is 39.1 Å². The number of aryl methyl sites for hydroxylation is 1. The Kier molecular flexibility index (Phi) is 14.3. The Bertz CT molecular complexity index is 2900. The normalized spacial score (nSPS) is 21.9. The number of nitrogens with zero attached hydrogens (tertiary/aromatic N) is 8. The number of hydrogen-bond donors (Lipinski definition) is 1. The molecule has 0 spiro atoms. The Morgan fingerprint density at radius 3 is 1.62 bits per heavy atom. The number of rotatable bonds is 6. The molecule has 1 N–H and O–H groups in total. The molecule has 0 saturated carbocycles. The van der Waals surface area contributed by atoms with Gasteiger partial charge in [-0.1, -0.05) is 47.5 Å². The predicted octanol–water partition coefficient (Wildman–Crippen LogP) is 10.2. The summed E-state index contributed by atoms with van der Waals surface area (Å²) in [4.78, 5) is 47.6. The van der Waals surface area contributed by atoms with E-state index < -0.39 is 16.8 Å². The largest absolute Gasteiger partial charge is 0.444 e. The molecule has 0 radical (unpaired) electrons. The van der Waals surface area contributed by atoms with Crippen LogP contribution in [0.15, 0.2) is 85.5 Å². The van der Waals surface area contributed by atoms with Crippen molar-refractivity contribution >= 4 is 58.7 Å². The molecule has 2 amide bonds. The Balaban J connectivity index is 0.000000180. The Labute approximate surface area is 433 Å². The van der Waals surface area contributed by atoms with Gasteiger partial charge in [-0.15, -0.1) is 0 Å². The average Bonchev–Trinajstić information content (AvgIpc) is 4.02. The number of imidazole rings is 1. The van der Waals surface area contributed by atoms with Crippen LogP contribution in [0.5, 0.6) is 0 Å². The van der Waals surface area contributed by atoms with Crippen LogP contribution in [0.2, 0.25) is 10.0 Å². The molecule has 72 heavy (non-hydrogen) atoms. The number of epoxide rings is 1. The molecule has 10 rings (SSSR count). The highest BCUT2D eigenvalue weighted by molar-refractivity contribution is 6.31. The lowest BCUT2D eigenvalue weighted by Gasteiger charge is -2.40. The van der Waals surface area contributed by atoms with Gasteiger partial charge in [0.2, 0.25) is 0 Å². The van der Waals surface area contributed by atoms with Crippen molar-refractivity contribution < 1.29 is 28.9 Å². The lowest BCUT2D eigenvalue weighted by Crippen LogP contribution is -2.51. The van der Waals surface area contributed by atoms with Gasteiger partial charge < -0.3 is 33.7 Å². The quantitative estimate of drug-likeness (QED) is 0.163. The number of piperazine rings is 2. The minimum atomic E-state index is -1.22. The fourth-order valence-electron chi connectivity index (χ4n) is 10.2. The van der Waals surface area contributed by atoms with Crippen molar-refractivity contribution in [2.75, 3.05) is 59.0 Å². The zero-order chi connectivity index (χ0) is 51.3. The molecule has 3 saturated heterocycles. The van der Waals surface area contributed by atoms with Gasteiger partial charge in [0.05, 0.1) is 36.6 Å². The SMILES string of the molecule is CC(C)(C)OC(=O)N1CCN([C@H]2c3ccc(Cl)cc3C(C3(C)CO3)=Cc3cccnc32)CC1.Cc1nccn1CC(C)(O)C1=Cc2cccnc2[C@@H](N2CCN(C(=O)OC(C)(C)C)CC2)c2ccc(Cl)cc21. The number of halogens is 2. The van der Waals surface area contributed by atoms with Crippen molar-refractivity contribution in [2.24, 2.45) is 0 Å². The van der Waals surface area contributed by atoms with Crippen molar-refractivity contribution in [3.05, 3.63) is 146 Å². The van der Waals surface area contributed by atoms with E-state index in [-0.39, 0.29) is 29.9 Å². The van der Waals surface area contributed by atoms with E-state index in [1.54, 1.807) is 16.0 Å². The Morgan fingerprint density at radius 2 is 1.17 bits per heavy atom. The number of benzene rings is 2. The second-order valence-corrected chi connectivity index (χ2v) is 22.6. The van der Waals surface area contributed by atoms with E-state index in [2.05, 4.69) is 39.9 Å². The number of carbonyl (C=O) groups is 2. The minimum Gasteiger partial charge on any atom is -0.444 e. The lowest BCUT2D eigenvalue weighted by atomic mass is 9.85. The first kappa shape index (κ1) is 51.3. The van der Waals surface area contributed by atoms with E-state index in [1.165, 1.54) is 5.56 Å². The van der Waals surface area contributed by atoms with Crippen LogP contribution in [0.4, 0.5) is 9.59 Å². The molecule has 3 aromatic heterocycles. The second-order valence-electron chi connectivity index (χ2n) is 21.7. The molecule has 6 heterocycles. The van der Waals surface area contributed by atoms with Gasteiger partial charge in [-0.05, 0) is 155 Å². The Hall–Kier alpha value is -5.61. The highest BCUT2D eigenvalue weighted by Gasteiger charge is 2.47. The summed E-state index contributed by atoms with van der Waals surface area (Å²) >= 11 is 13.0. The highest BCUT2D eigenvalue weighted by Crippen LogP contribution is 2.49. The molecule has 2 unspecified atom stereocenters. The van der Waals surface area contributed by atoms with Crippen molar-refractivity contribution in [2.45, 2.75) is 103 Å². The highest BCUT2D eigenvalue weighted by atomic mass is 35.5. The second kappa shape index (κ2) is 20.0. The average molecular weight is 1020 g/mol. The predicted molar refractivity (Wildman–Crippen MR) is 282 cm³/mol. The van der Waals surface area contributed by atoms with E-state index >= 15 is 0 Å². The molecule has 380 valence electrons. The summed E-state index contributed by atoms with van der Waals surface area (Å²) in [5, 5.41) is 13.3. The molecule has 2 aromatic carbocycles. The molecule has 2 aliphatic carbocycles. The van der Waals surface area contributed by atoms with Crippen LogP contribution < -0.4 is 0 Å². The number of pyridine rings is 2. The molecule has 14 nitrogen and oxygen atoms in total. The molecular weight excluding hydrogens is 952 g/mol. The summed E-state index contributed by atoms with van der Waals surface area (Å²) in [5.74, 6) is 0.832. The van der Waals surface area contributed by atoms with Crippen molar-refractivity contribution in [3.8, 4) is 0 Å². The monoisotopic (exact) mass is 1020 g/mol. The van der Waals surface area contributed by atoms with Crippen LogP contribution in [0.25, 0.3) is 23.3 Å². The van der Waals surface area contributed by atoms with Crippen LogP contribution in [0.3, 0.4) is 0 Å². The number of fused-ring (bicyclic) bond motifs is 4. The van der Waals surface area contributed by atoms with Crippen LogP contribution in [0.1, 0.15) is 118 Å². The number of carbonyl (C=O) groups excluding carboxylic acids is 2. The number of aromatic nitrogens is 4. The van der Waals surface area contributed by atoms with Gasteiger partial charge in [-0.2, -0.15) is 0 Å². The van der Waals surface area contributed by atoms with Crippen LogP contribution in [-0.2, 0) is 20.8 Å². The first-order valence-electron chi connectivity index (χ1n) is 24.8. The number of amides is 2. The van der Waals surface area contributed by atoms with E-state index in [1.807, 2.05) is 133 Å². The van der Waals surface area contributed by atoms with Gasteiger partial charge in [-0.3, -0.25) is 19.8 Å². The molecule has 3 aliphatic heterocycles. The van der Waals surface area contributed by atoms with Gasteiger partial charge in [0.15, 0.2) is 0 Å². The lowest BCUT2D eigenvalue weighted by molar-refractivity contribution is 0.0109. The maximum Gasteiger partial charge on any atom is 0.410 e. The fraction of sp³-hybridized carbons (Fsp3) is 0.446. The number of hydrogen-bond acceptors (Lipinski definition) is 11. The Morgan fingerprint density at radius 1 is 0.694 bits per heavy atom. The third-order valence-electron chi connectivity index (χ3n) is 13.9. The topological polar surface area (TPSA) is 142 Å². The standard InChI is InChI=1S/C30H36ClN5O3.C26H30ClN3O3/c1-20-32-11-12-36(20)19-30(5,38)25-17-21-7-6-10-33-26(21)27(23-9-8-22(31)18-24(23)25)34-13-15-35(16-14-34)28(37)39-29(2,3)4;1-25(2,3)33-24(31)30-12-10-29(11-13-30)23-19-8-7-18(27)15-20(19)21(26(4)16-32-26)14-17-6-5-9-28-22(17)23/h6-12,17-18,27,38H,13-16,19H2,1-5H3;5-9,14-15,23H,10-13,16H2,1-4H3/t27-,30?;23-,26?/m00/s1. The molecule has 3 fully saturated rings. The van der Waals surface area contributed by atoms with E-state index in [9.17, 15) is 14.7 Å². The van der Waals surface area contributed by atoms with Crippen LogP contribution >= 0.6 is 23.2 Å². The van der Waals surface area contributed by atoms with E-state index in [0.29, 0.717) is 62.5 Å². The van der Waals surface area contributed by atoms with Gasteiger partial charge in [-0.25, -0.2) is 14.6 Å². The summed E-state index contributed by atoms with van der Waals surface area (Å²) in [7, 11) is 0. The molecule has 5 aliphatic rings. The molecule has 5 aromatic rings. The third-order valence-corrected chi connectivity index (χ3v) is 14.3. The zero-order valence-electron chi connectivity index (χ0n) is 42.8. The van der Waals surface area contributed by atoms with Gasteiger partial charge in [0.1, 0.15) is 28.2 Å². The smallest absolute Gasteiger partial charge is 0.410 e.